The molecule has 0 aliphatic rings. The van der Waals surface area contributed by atoms with Crippen LogP contribution in [0.25, 0.3) is 0 Å². The van der Waals surface area contributed by atoms with Gasteiger partial charge in [0, 0.05) is 0 Å². The number of hydrogen-bond acceptors (Lipinski definition) is 2. The quantitative estimate of drug-likeness (QED) is 0.277. The van der Waals surface area contributed by atoms with Gasteiger partial charge in [-0.05, 0) is 0 Å². The molecule has 0 N–H and O–H groups in total. The van der Waals surface area contributed by atoms with Crippen LogP contribution in [0.5, 0.6) is 0 Å². The van der Waals surface area contributed by atoms with Crippen LogP contribution in [0.1, 0.15) is 27.7 Å². The highest BCUT2D eigenvalue weighted by Gasteiger charge is 2.38. The molecular formula is C14H20Al2BF5O2. The molecule has 10 heteroatoms. The third-order valence-corrected chi connectivity index (χ3v) is 8.84. The van der Waals surface area contributed by atoms with Crippen molar-refractivity contribution in [3.05, 3.63) is 29.1 Å². The lowest BCUT2D eigenvalue weighted by molar-refractivity contribution is 0.376. The SMILES string of the molecule is C[CH2][Al]([CH2]C)[O]B([O][Al]([CH2]C)[CH2]C)c1c(F)c(F)c(F)c(F)c1F. The molecule has 0 bridgehead atoms. The molecule has 0 atom stereocenters. The van der Waals surface area contributed by atoms with E-state index in [-0.39, 0.29) is 0 Å². The molecule has 1 aromatic rings. The van der Waals surface area contributed by atoms with Crippen molar-refractivity contribution in [3.63, 3.8) is 0 Å². The largest absolute Gasteiger partial charge is 0.541 e. The van der Waals surface area contributed by atoms with Gasteiger partial charge >= 0.3 is 36.1 Å². The summed E-state index contributed by atoms with van der Waals surface area (Å²) >= 11 is -3.72. The molecule has 0 aromatic heterocycles. The topological polar surface area (TPSA) is 18.5 Å². The van der Waals surface area contributed by atoms with Crippen molar-refractivity contribution >= 4 is 41.5 Å². The van der Waals surface area contributed by atoms with Crippen molar-refractivity contribution in [1.29, 1.82) is 0 Å². The van der Waals surface area contributed by atoms with Crippen molar-refractivity contribution in [2.45, 2.75) is 48.8 Å². The summed E-state index contributed by atoms with van der Waals surface area (Å²) in [4.78, 5) is 0. The van der Waals surface area contributed by atoms with E-state index in [2.05, 4.69) is 0 Å². The minimum Gasteiger partial charge on any atom is -0.541 e. The van der Waals surface area contributed by atoms with Gasteiger partial charge in [0.1, 0.15) is 0 Å². The van der Waals surface area contributed by atoms with E-state index in [0.29, 0.717) is 21.1 Å². The van der Waals surface area contributed by atoms with Crippen LogP contribution in [0, 0.1) is 29.1 Å². The van der Waals surface area contributed by atoms with E-state index in [1.807, 2.05) is 27.7 Å². The van der Waals surface area contributed by atoms with Crippen molar-refractivity contribution < 1.29 is 29.4 Å². The van der Waals surface area contributed by atoms with E-state index < -0.39 is 70.6 Å². The molecule has 132 valence electrons. The Morgan fingerprint density at radius 1 is 0.625 bits per heavy atom. The summed E-state index contributed by atoms with van der Waals surface area (Å²) in [7, 11) is -1.54. The van der Waals surface area contributed by atoms with E-state index in [9.17, 15) is 22.0 Å². The Balaban J connectivity index is 3.37. The first-order chi connectivity index (χ1) is 11.3. The molecule has 0 radical (unpaired) electrons. The van der Waals surface area contributed by atoms with Crippen LogP contribution in [0.3, 0.4) is 0 Å². The number of hydrogen-bond donors (Lipinski definition) is 0. The molecule has 0 unspecified atom stereocenters. The summed E-state index contributed by atoms with van der Waals surface area (Å²) in [6.07, 6.45) is 0. The van der Waals surface area contributed by atoms with Crippen LogP contribution in [0.2, 0.25) is 21.1 Å². The molecule has 0 saturated carbocycles. The zero-order chi connectivity index (χ0) is 18.4. The Morgan fingerprint density at radius 2 is 0.917 bits per heavy atom. The summed E-state index contributed by atoms with van der Waals surface area (Å²) in [5, 5.41) is 2.65. The molecule has 1 rings (SSSR count). The van der Waals surface area contributed by atoms with Crippen LogP contribution >= 0.6 is 0 Å². The van der Waals surface area contributed by atoms with Gasteiger partial charge in [0.25, 0.3) is 0 Å². The minimum absolute atomic E-state index is 0.663. The second-order valence-corrected chi connectivity index (χ2v) is 11.8. The second-order valence-electron chi connectivity index (χ2n) is 5.46. The molecule has 1 aromatic carbocycles. The highest BCUT2D eigenvalue weighted by Crippen LogP contribution is 2.19. The summed E-state index contributed by atoms with van der Waals surface area (Å²) in [5.74, 6) is -9.88. The highest BCUT2D eigenvalue weighted by atomic mass is 27.2. The molecule has 0 aliphatic heterocycles. The summed E-state index contributed by atoms with van der Waals surface area (Å²) in [5.41, 5.74) is -1.01. The van der Waals surface area contributed by atoms with Gasteiger partial charge in [0.15, 0.2) is 29.1 Å². The van der Waals surface area contributed by atoms with Crippen LogP contribution in [-0.4, -0.2) is 36.1 Å². The van der Waals surface area contributed by atoms with E-state index in [1.54, 1.807) is 0 Å². The second kappa shape index (κ2) is 10.2. The maximum atomic E-state index is 14.1. The normalized spacial score (nSPS) is 10.9. The standard InChI is InChI=1S/C6BF5O2.4C2H5.2Al/c8-2-1(7(13)14)3(9)5(11)6(12)4(2)10;4*1-2;;/h;4*1H2,2H3;;/q-2;;;;;2*+1. The average molecular weight is 380 g/mol. The Bertz CT molecular complexity index is 513. The maximum absolute atomic E-state index is 14.1. The third-order valence-electron chi connectivity index (χ3n) is 3.93. The first-order valence-electron chi connectivity index (χ1n) is 8.14. The van der Waals surface area contributed by atoms with Crippen molar-refractivity contribution in [1.82, 2.24) is 0 Å². The van der Waals surface area contributed by atoms with Crippen LogP contribution < -0.4 is 5.46 Å². The van der Waals surface area contributed by atoms with Gasteiger partial charge in [-0.2, -0.15) is 0 Å². The lowest BCUT2D eigenvalue weighted by atomic mass is 9.79. The highest BCUT2D eigenvalue weighted by molar-refractivity contribution is 6.76. The minimum atomic E-state index is -2.17. The number of benzene rings is 1. The van der Waals surface area contributed by atoms with E-state index in [4.69, 9.17) is 7.41 Å². The van der Waals surface area contributed by atoms with Gasteiger partial charge in [-0.1, -0.05) is 48.8 Å². The van der Waals surface area contributed by atoms with Gasteiger partial charge in [0.05, 0.1) is 5.46 Å². The third kappa shape index (κ3) is 4.97. The molecule has 0 spiro atoms. The predicted molar refractivity (Wildman–Crippen MR) is 87.2 cm³/mol. The molecule has 0 fully saturated rings. The first kappa shape index (κ1) is 22.0. The van der Waals surface area contributed by atoms with Crippen molar-refractivity contribution in [2.75, 3.05) is 0 Å². The summed E-state index contributed by atoms with van der Waals surface area (Å²) < 4.78 is 79.9. The Labute approximate surface area is 148 Å². The van der Waals surface area contributed by atoms with E-state index >= 15 is 0 Å². The fourth-order valence-electron chi connectivity index (χ4n) is 2.31. The Morgan fingerprint density at radius 3 is 1.21 bits per heavy atom. The first-order valence-corrected chi connectivity index (χ1v) is 12.3. The van der Waals surface area contributed by atoms with Gasteiger partial charge in [-0.25, -0.2) is 22.0 Å². The average Bonchev–Trinajstić information content (AvgIpc) is 2.59. The van der Waals surface area contributed by atoms with Crippen molar-refractivity contribution in [2.24, 2.45) is 0 Å². The van der Waals surface area contributed by atoms with Gasteiger partial charge in [-0.15, -0.1) is 0 Å². The zero-order valence-electron chi connectivity index (χ0n) is 14.3. The number of halogens is 5. The van der Waals surface area contributed by atoms with Crippen LogP contribution in [-0.2, 0) is 7.41 Å². The fourth-order valence-corrected chi connectivity index (χ4v) is 5.46. The Kier molecular flexibility index (Phi) is 9.30. The fraction of sp³-hybridized carbons (Fsp3) is 0.571. The summed E-state index contributed by atoms with van der Waals surface area (Å²) in [6.45, 7) is 7.46. The molecular weight excluding hydrogens is 360 g/mol. The van der Waals surface area contributed by atoms with Gasteiger partial charge in [0.2, 0.25) is 0 Å². The van der Waals surface area contributed by atoms with Crippen LogP contribution in [0.15, 0.2) is 0 Å². The van der Waals surface area contributed by atoms with Gasteiger partial charge < -0.3 is 7.41 Å². The van der Waals surface area contributed by atoms with Crippen molar-refractivity contribution in [3.8, 4) is 0 Å². The summed E-state index contributed by atoms with van der Waals surface area (Å²) in [6, 6.07) is 0. The van der Waals surface area contributed by atoms with E-state index in [1.165, 1.54) is 0 Å². The Hall–Kier alpha value is -0.0801. The molecule has 2 nitrogen and oxygen atoms in total. The zero-order valence-corrected chi connectivity index (χ0v) is 16.6. The molecule has 0 saturated heterocycles. The molecule has 24 heavy (non-hydrogen) atoms. The lowest BCUT2D eigenvalue weighted by Crippen LogP contribution is -2.48. The lowest BCUT2D eigenvalue weighted by Gasteiger charge is -2.24. The smallest absolute Gasteiger partial charge is 0.446 e. The molecule has 0 aliphatic carbocycles. The van der Waals surface area contributed by atoms with Crippen LogP contribution in [0.4, 0.5) is 22.0 Å². The van der Waals surface area contributed by atoms with E-state index in [0.717, 1.165) is 0 Å². The monoisotopic (exact) mass is 380 g/mol. The molecule has 0 amide bonds. The molecule has 0 heterocycles. The van der Waals surface area contributed by atoms with Gasteiger partial charge in [-0.3, -0.25) is 0 Å². The number of rotatable bonds is 9. The predicted octanol–water partition coefficient (Wildman–Crippen LogP) is 4.17. The maximum Gasteiger partial charge on any atom is 0.446 e.